The van der Waals surface area contributed by atoms with Gasteiger partial charge in [0.1, 0.15) is 0 Å². The van der Waals surface area contributed by atoms with Crippen LogP contribution in [0.2, 0.25) is 0 Å². The third-order valence-corrected chi connectivity index (χ3v) is 14.6. The zero-order valence-electron chi connectivity index (χ0n) is 47.7. The van der Waals surface area contributed by atoms with E-state index in [1.54, 1.807) is 6.08 Å². The Morgan fingerprint density at radius 2 is 0.662 bits per heavy atom. The average Bonchev–Trinajstić information content (AvgIpc) is 3.37. The number of unbranched alkanes of at least 4 members (excludes halogenated alkanes) is 44. The molecule has 0 aliphatic rings. The van der Waals surface area contributed by atoms with Crippen LogP contribution in [0.15, 0.2) is 36.5 Å². The van der Waals surface area contributed by atoms with Crippen LogP contribution in [0, 0.1) is 0 Å². The van der Waals surface area contributed by atoms with Gasteiger partial charge < -0.3 is 20.3 Å². The van der Waals surface area contributed by atoms with E-state index in [9.17, 15) is 19.8 Å². The largest absolute Gasteiger partial charge is 0.466 e. The number of aliphatic hydroxyl groups excluding tert-OH is 2. The lowest BCUT2D eigenvalue weighted by Crippen LogP contribution is -2.45. The molecule has 6 nitrogen and oxygen atoms in total. The van der Waals surface area contributed by atoms with Gasteiger partial charge in [-0.2, -0.15) is 0 Å². The minimum atomic E-state index is -0.868. The van der Waals surface area contributed by atoms with E-state index in [0.717, 1.165) is 77.0 Å². The van der Waals surface area contributed by atoms with Gasteiger partial charge in [-0.05, 0) is 83.5 Å². The molecule has 0 aromatic carbocycles. The van der Waals surface area contributed by atoms with Crippen molar-refractivity contribution < 1.29 is 24.5 Å². The SMILES string of the molecule is CCCCCCCC/C=C\CCCCCCCCCCCC(=O)OCCCC/C=C\CCCCCCC(=O)NC(CO)C(O)/C=C/CCCCCCCCCCCCCCCCCCCCCCCCC. The van der Waals surface area contributed by atoms with E-state index in [1.807, 2.05) is 6.08 Å². The summed E-state index contributed by atoms with van der Waals surface area (Å²) in [6.07, 6.45) is 76.2. The second-order valence-electron chi connectivity index (χ2n) is 21.7. The van der Waals surface area contributed by atoms with Crippen LogP contribution in [0.5, 0.6) is 0 Å². The summed E-state index contributed by atoms with van der Waals surface area (Å²) >= 11 is 0. The lowest BCUT2D eigenvalue weighted by atomic mass is 10.0. The normalized spacial score (nSPS) is 12.8. The van der Waals surface area contributed by atoms with Crippen LogP contribution in [-0.4, -0.2) is 47.4 Å². The van der Waals surface area contributed by atoms with Crippen molar-refractivity contribution in [1.29, 1.82) is 0 Å². The van der Waals surface area contributed by atoms with Crippen LogP contribution < -0.4 is 5.32 Å². The molecular weight excluding hydrogens is 875 g/mol. The van der Waals surface area contributed by atoms with Crippen LogP contribution >= 0.6 is 0 Å². The molecule has 0 aliphatic heterocycles. The number of carbonyl (C=O) groups excluding carboxylic acids is 2. The van der Waals surface area contributed by atoms with Crippen molar-refractivity contribution >= 4 is 11.9 Å². The molecule has 0 aromatic rings. The van der Waals surface area contributed by atoms with Crippen LogP contribution in [-0.2, 0) is 14.3 Å². The topological polar surface area (TPSA) is 95.9 Å². The molecule has 0 aliphatic carbocycles. The van der Waals surface area contributed by atoms with Crippen molar-refractivity contribution in [1.82, 2.24) is 5.32 Å². The molecule has 1 amide bonds. The van der Waals surface area contributed by atoms with E-state index in [1.165, 1.54) is 238 Å². The van der Waals surface area contributed by atoms with Gasteiger partial charge in [-0.25, -0.2) is 0 Å². The number of amides is 1. The highest BCUT2D eigenvalue weighted by Gasteiger charge is 2.18. The van der Waals surface area contributed by atoms with Gasteiger partial charge in [-0.15, -0.1) is 0 Å². The maximum atomic E-state index is 12.5. The number of allylic oxidation sites excluding steroid dienone is 5. The Labute approximate surface area is 443 Å². The third-order valence-electron chi connectivity index (χ3n) is 14.6. The molecule has 0 radical (unpaired) electrons. The standard InChI is InChI=1S/C65H123NO5/c1-3-5-7-9-11-13-15-17-19-21-23-24-25-26-27-28-30-31-33-35-37-41-45-49-53-57-63(68)62(61-67)66-64(69)58-54-50-46-42-39-40-44-48-52-56-60-71-65(70)59-55-51-47-43-38-36-34-32-29-22-20-18-16-14-12-10-8-6-4-2/h18,20,40,44,53,57,62-63,67-68H,3-17,19,21-39,41-43,45-52,54-56,58-61H2,1-2H3,(H,66,69)/b20-18-,44-40-,57-53+. The second-order valence-corrected chi connectivity index (χ2v) is 21.7. The molecule has 71 heavy (non-hydrogen) atoms. The zero-order valence-corrected chi connectivity index (χ0v) is 47.7. The van der Waals surface area contributed by atoms with Crippen LogP contribution in [0.1, 0.15) is 341 Å². The van der Waals surface area contributed by atoms with Crippen LogP contribution in [0.4, 0.5) is 0 Å². The Bertz CT molecular complexity index is 1150. The molecule has 6 heteroatoms. The Balaban J connectivity index is 3.52. The fourth-order valence-electron chi connectivity index (χ4n) is 9.74. The molecule has 0 heterocycles. The van der Waals surface area contributed by atoms with Crippen LogP contribution in [0.3, 0.4) is 0 Å². The Morgan fingerprint density at radius 1 is 0.380 bits per heavy atom. The highest BCUT2D eigenvalue weighted by atomic mass is 16.5. The van der Waals surface area contributed by atoms with E-state index in [4.69, 9.17) is 4.74 Å². The van der Waals surface area contributed by atoms with Gasteiger partial charge in [0.2, 0.25) is 5.91 Å². The number of nitrogens with one attached hydrogen (secondary N) is 1. The van der Waals surface area contributed by atoms with Gasteiger partial charge in [0.15, 0.2) is 0 Å². The summed E-state index contributed by atoms with van der Waals surface area (Å²) in [5, 5.41) is 23.2. The molecule has 0 bridgehead atoms. The number of ether oxygens (including phenoxy) is 1. The molecule has 2 unspecified atom stereocenters. The highest BCUT2D eigenvalue weighted by molar-refractivity contribution is 5.76. The smallest absolute Gasteiger partial charge is 0.305 e. The summed E-state index contributed by atoms with van der Waals surface area (Å²) in [5.74, 6) is -0.139. The third kappa shape index (κ3) is 57.2. The minimum Gasteiger partial charge on any atom is -0.466 e. The van der Waals surface area contributed by atoms with Gasteiger partial charge in [-0.3, -0.25) is 9.59 Å². The second kappa shape index (κ2) is 60.6. The number of aliphatic hydroxyl groups is 2. The molecule has 3 N–H and O–H groups in total. The first kappa shape index (κ1) is 69.1. The molecule has 0 saturated carbocycles. The quantitative estimate of drug-likeness (QED) is 0.0321. The maximum absolute atomic E-state index is 12.5. The number of esters is 1. The van der Waals surface area contributed by atoms with Gasteiger partial charge in [-0.1, -0.05) is 281 Å². The zero-order chi connectivity index (χ0) is 51.4. The van der Waals surface area contributed by atoms with Gasteiger partial charge in [0.05, 0.1) is 25.4 Å². The molecule has 0 saturated heterocycles. The molecule has 0 rings (SSSR count). The fourth-order valence-corrected chi connectivity index (χ4v) is 9.74. The molecule has 2 atom stereocenters. The first-order valence-electron chi connectivity index (χ1n) is 31.8. The van der Waals surface area contributed by atoms with E-state index in [-0.39, 0.29) is 18.5 Å². The van der Waals surface area contributed by atoms with Crippen molar-refractivity contribution in [3.8, 4) is 0 Å². The van der Waals surface area contributed by atoms with Crippen molar-refractivity contribution in [3.63, 3.8) is 0 Å². The summed E-state index contributed by atoms with van der Waals surface area (Å²) in [5.41, 5.74) is 0. The van der Waals surface area contributed by atoms with E-state index >= 15 is 0 Å². The lowest BCUT2D eigenvalue weighted by molar-refractivity contribution is -0.143. The Morgan fingerprint density at radius 3 is 1.00 bits per heavy atom. The predicted molar refractivity (Wildman–Crippen MR) is 310 cm³/mol. The van der Waals surface area contributed by atoms with Crippen molar-refractivity contribution in [3.05, 3.63) is 36.5 Å². The number of carbonyl (C=O) groups is 2. The fraction of sp³-hybridized carbons (Fsp3) is 0.877. The molecule has 0 aromatic heterocycles. The summed E-state index contributed by atoms with van der Waals surface area (Å²) in [4.78, 5) is 24.6. The first-order chi connectivity index (χ1) is 35.0. The average molecular weight is 999 g/mol. The van der Waals surface area contributed by atoms with Gasteiger partial charge in [0.25, 0.3) is 0 Å². The minimum absolute atomic E-state index is 0.0381. The number of hydrogen-bond acceptors (Lipinski definition) is 5. The predicted octanol–water partition coefficient (Wildman–Crippen LogP) is 20.0. The van der Waals surface area contributed by atoms with E-state index < -0.39 is 12.1 Å². The lowest BCUT2D eigenvalue weighted by Gasteiger charge is -2.20. The summed E-state index contributed by atoms with van der Waals surface area (Å²) in [6, 6.07) is -0.655. The maximum Gasteiger partial charge on any atom is 0.305 e. The molecular formula is C65H123NO5. The highest BCUT2D eigenvalue weighted by Crippen LogP contribution is 2.17. The molecule has 0 fully saturated rings. The molecule has 418 valence electrons. The Hall–Kier alpha value is -1.92. The Kier molecular flexibility index (Phi) is 59.0. The van der Waals surface area contributed by atoms with E-state index in [0.29, 0.717) is 19.4 Å². The number of rotatable bonds is 59. The van der Waals surface area contributed by atoms with Crippen molar-refractivity contribution in [2.24, 2.45) is 0 Å². The van der Waals surface area contributed by atoms with Gasteiger partial charge in [0, 0.05) is 12.8 Å². The van der Waals surface area contributed by atoms with Gasteiger partial charge >= 0.3 is 5.97 Å². The summed E-state index contributed by atoms with van der Waals surface area (Å²) in [6.45, 7) is 4.83. The first-order valence-corrected chi connectivity index (χ1v) is 31.8. The summed E-state index contributed by atoms with van der Waals surface area (Å²) < 4.78 is 5.46. The summed E-state index contributed by atoms with van der Waals surface area (Å²) in [7, 11) is 0. The monoisotopic (exact) mass is 998 g/mol. The van der Waals surface area contributed by atoms with E-state index in [2.05, 4.69) is 43.5 Å². The number of hydrogen-bond donors (Lipinski definition) is 3. The van der Waals surface area contributed by atoms with Crippen molar-refractivity contribution in [2.45, 2.75) is 353 Å². The molecule has 0 spiro atoms. The van der Waals surface area contributed by atoms with Crippen LogP contribution in [0.25, 0.3) is 0 Å². The van der Waals surface area contributed by atoms with Crippen molar-refractivity contribution in [2.75, 3.05) is 13.2 Å².